The first kappa shape index (κ1) is 18.9. The quantitative estimate of drug-likeness (QED) is 0.865. The number of nitrogens with one attached hydrogen (secondary N) is 1. The molecule has 1 atom stereocenters. The summed E-state index contributed by atoms with van der Waals surface area (Å²) in [5.41, 5.74) is 1.23. The molecular weight excluding hydrogens is 344 g/mol. The molecule has 1 aromatic carbocycles. The number of aromatic nitrogens is 2. The standard InChI is InChI=1S/C20H26N4O3/c1-20(2,3)24-12-13(9-18(24)26)11-23(4)19(27)16-10-15(21-22-16)14-7-5-6-8-17(14)25/h5-8,10,13,25H,9,11-12H2,1-4H3,(H,21,22)/t13-/m1/s1. The minimum absolute atomic E-state index is 0.114. The first-order valence-electron chi connectivity index (χ1n) is 9.06. The highest BCUT2D eigenvalue weighted by Crippen LogP contribution is 2.28. The topological polar surface area (TPSA) is 89.5 Å². The van der Waals surface area contributed by atoms with Crippen LogP contribution in [0.2, 0.25) is 0 Å². The van der Waals surface area contributed by atoms with Crippen LogP contribution < -0.4 is 0 Å². The number of likely N-dealkylation sites (tertiary alicyclic amines) is 1. The molecule has 7 nitrogen and oxygen atoms in total. The number of phenolic OH excluding ortho intramolecular Hbond substituents is 1. The van der Waals surface area contributed by atoms with Gasteiger partial charge in [-0.15, -0.1) is 0 Å². The van der Waals surface area contributed by atoms with Gasteiger partial charge in [0, 0.05) is 43.6 Å². The number of H-pyrrole nitrogens is 1. The maximum Gasteiger partial charge on any atom is 0.271 e. The molecule has 0 radical (unpaired) electrons. The van der Waals surface area contributed by atoms with E-state index in [4.69, 9.17) is 0 Å². The molecule has 0 unspecified atom stereocenters. The number of amides is 2. The van der Waals surface area contributed by atoms with Gasteiger partial charge < -0.3 is 14.9 Å². The van der Waals surface area contributed by atoms with E-state index in [1.54, 1.807) is 42.3 Å². The van der Waals surface area contributed by atoms with Crippen molar-refractivity contribution in [2.24, 2.45) is 5.92 Å². The third kappa shape index (κ3) is 3.97. The number of nitrogens with zero attached hydrogens (tertiary/aromatic N) is 3. The summed E-state index contributed by atoms with van der Waals surface area (Å²) >= 11 is 0. The van der Waals surface area contributed by atoms with Crippen LogP contribution in [0.3, 0.4) is 0 Å². The van der Waals surface area contributed by atoms with Crippen molar-refractivity contribution in [1.29, 1.82) is 0 Å². The van der Waals surface area contributed by atoms with Crippen LogP contribution in [0, 0.1) is 5.92 Å². The minimum atomic E-state index is -0.204. The zero-order chi connectivity index (χ0) is 19.8. The number of hydrogen-bond donors (Lipinski definition) is 2. The number of carbonyl (C=O) groups excluding carboxylic acids is 2. The Morgan fingerprint density at radius 3 is 2.70 bits per heavy atom. The second-order valence-corrected chi connectivity index (χ2v) is 8.11. The van der Waals surface area contributed by atoms with Crippen molar-refractivity contribution in [1.82, 2.24) is 20.0 Å². The Morgan fingerprint density at radius 2 is 2.07 bits per heavy atom. The van der Waals surface area contributed by atoms with Crippen molar-refractivity contribution in [2.75, 3.05) is 20.1 Å². The maximum atomic E-state index is 12.7. The number of aromatic amines is 1. The van der Waals surface area contributed by atoms with E-state index < -0.39 is 0 Å². The summed E-state index contributed by atoms with van der Waals surface area (Å²) < 4.78 is 0. The molecule has 1 aliphatic heterocycles. The molecule has 7 heteroatoms. The largest absolute Gasteiger partial charge is 0.507 e. The highest BCUT2D eigenvalue weighted by Gasteiger charge is 2.37. The van der Waals surface area contributed by atoms with Gasteiger partial charge >= 0.3 is 0 Å². The first-order valence-corrected chi connectivity index (χ1v) is 9.06. The lowest BCUT2D eigenvalue weighted by Crippen LogP contribution is -2.43. The van der Waals surface area contributed by atoms with Crippen LogP contribution in [0.4, 0.5) is 0 Å². The second kappa shape index (κ2) is 7.06. The minimum Gasteiger partial charge on any atom is -0.507 e. The predicted octanol–water partition coefficient (Wildman–Crippen LogP) is 2.50. The molecule has 0 aliphatic carbocycles. The van der Waals surface area contributed by atoms with Gasteiger partial charge in [-0.1, -0.05) is 12.1 Å². The van der Waals surface area contributed by atoms with Crippen LogP contribution in [-0.2, 0) is 4.79 Å². The Kier molecular flexibility index (Phi) is 4.95. The summed E-state index contributed by atoms with van der Waals surface area (Å²) in [5.74, 6) is 0.178. The normalized spacial score (nSPS) is 17.4. The summed E-state index contributed by atoms with van der Waals surface area (Å²) in [5, 5.41) is 16.8. The van der Waals surface area contributed by atoms with Gasteiger partial charge in [-0.05, 0) is 39.0 Å². The molecule has 1 aromatic heterocycles. The van der Waals surface area contributed by atoms with E-state index in [0.717, 1.165) is 0 Å². The number of aromatic hydroxyl groups is 1. The van der Waals surface area contributed by atoms with E-state index in [2.05, 4.69) is 10.2 Å². The lowest BCUT2D eigenvalue weighted by Gasteiger charge is -2.32. The van der Waals surface area contributed by atoms with Gasteiger partial charge in [-0.25, -0.2) is 0 Å². The van der Waals surface area contributed by atoms with E-state index in [0.29, 0.717) is 36.5 Å². The van der Waals surface area contributed by atoms with E-state index >= 15 is 0 Å². The van der Waals surface area contributed by atoms with Crippen molar-refractivity contribution < 1.29 is 14.7 Å². The van der Waals surface area contributed by atoms with Crippen molar-refractivity contribution in [3.05, 3.63) is 36.0 Å². The lowest BCUT2D eigenvalue weighted by molar-refractivity contribution is -0.131. The fourth-order valence-corrected chi connectivity index (χ4v) is 3.49. The summed E-state index contributed by atoms with van der Waals surface area (Å²) in [6, 6.07) is 8.49. The van der Waals surface area contributed by atoms with E-state index in [1.165, 1.54) is 0 Å². The van der Waals surface area contributed by atoms with Crippen molar-refractivity contribution in [3.63, 3.8) is 0 Å². The highest BCUT2D eigenvalue weighted by molar-refractivity contribution is 5.93. The van der Waals surface area contributed by atoms with Crippen molar-refractivity contribution >= 4 is 11.8 Å². The third-order valence-electron chi connectivity index (χ3n) is 4.88. The van der Waals surface area contributed by atoms with E-state index in [9.17, 15) is 14.7 Å². The molecule has 2 aromatic rings. The smallest absolute Gasteiger partial charge is 0.271 e. The molecule has 2 N–H and O–H groups in total. The molecule has 2 amide bonds. The Bertz CT molecular complexity index is 853. The zero-order valence-corrected chi connectivity index (χ0v) is 16.2. The van der Waals surface area contributed by atoms with Gasteiger partial charge in [0.1, 0.15) is 11.4 Å². The van der Waals surface area contributed by atoms with Crippen molar-refractivity contribution in [3.8, 4) is 17.0 Å². The van der Waals surface area contributed by atoms with Crippen LogP contribution in [0.15, 0.2) is 30.3 Å². The number of carbonyl (C=O) groups is 2. The molecule has 0 spiro atoms. The van der Waals surface area contributed by atoms with E-state index in [1.807, 2.05) is 25.7 Å². The second-order valence-electron chi connectivity index (χ2n) is 8.11. The molecule has 1 fully saturated rings. The number of para-hydroxylation sites is 1. The molecule has 144 valence electrons. The predicted molar refractivity (Wildman–Crippen MR) is 102 cm³/mol. The van der Waals surface area contributed by atoms with Gasteiger partial charge in [0.15, 0.2) is 0 Å². The Morgan fingerprint density at radius 1 is 1.37 bits per heavy atom. The Hall–Kier alpha value is -2.83. The molecular formula is C20H26N4O3. The lowest BCUT2D eigenvalue weighted by atomic mass is 10.1. The molecule has 27 heavy (non-hydrogen) atoms. The number of rotatable bonds is 4. The van der Waals surface area contributed by atoms with Crippen molar-refractivity contribution in [2.45, 2.75) is 32.7 Å². The van der Waals surface area contributed by atoms with Crippen LogP contribution in [0.1, 0.15) is 37.7 Å². The molecule has 0 bridgehead atoms. The van der Waals surface area contributed by atoms with Gasteiger partial charge in [-0.3, -0.25) is 14.7 Å². The monoisotopic (exact) mass is 370 g/mol. The number of phenols is 1. The Balaban J connectivity index is 1.67. The van der Waals surface area contributed by atoms with Gasteiger partial charge in [0.2, 0.25) is 5.91 Å². The zero-order valence-electron chi connectivity index (χ0n) is 16.2. The highest BCUT2D eigenvalue weighted by atomic mass is 16.3. The fourth-order valence-electron chi connectivity index (χ4n) is 3.49. The van der Waals surface area contributed by atoms with E-state index in [-0.39, 0.29) is 29.0 Å². The average molecular weight is 370 g/mol. The molecule has 3 rings (SSSR count). The average Bonchev–Trinajstić information content (AvgIpc) is 3.21. The van der Waals surface area contributed by atoms with Crippen LogP contribution in [0.25, 0.3) is 11.3 Å². The van der Waals surface area contributed by atoms with Gasteiger partial charge in [0.05, 0.1) is 5.69 Å². The maximum absolute atomic E-state index is 12.7. The van der Waals surface area contributed by atoms with Crippen LogP contribution in [0.5, 0.6) is 5.75 Å². The van der Waals surface area contributed by atoms with Crippen LogP contribution in [-0.4, -0.2) is 62.6 Å². The third-order valence-corrected chi connectivity index (χ3v) is 4.88. The summed E-state index contributed by atoms with van der Waals surface area (Å²) in [4.78, 5) is 28.4. The van der Waals surface area contributed by atoms with Crippen LogP contribution >= 0.6 is 0 Å². The number of hydrogen-bond acceptors (Lipinski definition) is 4. The fraction of sp³-hybridized carbons (Fsp3) is 0.450. The molecule has 2 heterocycles. The first-order chi connectivity index (χ1) is 12.7. The SMILES string of the molecule is CN(C[C@H]1CC(=O)N(C(C)(C)C)C1)C(=O)c1cc(-c2ccccc2O)n[nH]1. The summed E-state index contributed by atoms with van der Waals surface area (Å²) in [7, 11) is 1.73. The molecule has 1 saturated heterocycles. The van der Waals surface area contributed by atoms with Gasteiger partial charge in [-0.2, -0.15) is 5.10 Å². The summed E-state index contributed by atoms with van der Waals surface area (Å²) in [6.45, 7) is 7.22. The van der Waals surface area contributed by atoms with Gasteiger partial charge in [0.25, 0.3) is 5.91 Å². The Labute approximate surface area is 159 Å². The number of benzene rings is 1. The summed E-state index contributed by atoms with van der Waals surface area (Å²) in [6.07, 6.45) is 0.459. The molecule has 0 saturated carbocycles. The molecule has 1 aliphatic rings.